The van der Waals surface area contributed by atoms with Crippen molar-refractivity contribution in [2.75, 3.05) is 26.2 Å². The molecule has 0 radical (unpaired) electrons. The van der Waals surface area contributed by atoms with E-state index in [0.717, 1.165) is 57.7 Å². The predicted molar refractivity (Wildman–Crippen MR) is 98.7 cm³/mol. The molecule has 2 aromatic rings. The second-order valence-corrected chi connectivity index (χ2v) is 7.39. The van der Waals surface area contributed by atoms with Gasteiger partial charge in [-0.05, 0) is 43.5 Å². The van der Waals surface area contributed by atoms with Gasteiger partial charge in [-0.25, -0.2) is 4.98 Å². The molecular weight excluding hydrogens is 328 g/mol. The smallest absolute Gasteiger partial charge is 0.227 e. The Labute approximate surface area is 154 Å². The van der Waals surface area contributed by atoms with Crippen LogP contribution in [0.3, 0.4) is 0 Å². The molecule has 4 rings (SSSR count). The summed E-state index contributed by atoms with van der Waals surface area (Å²) >= 11 is 0. The number of imidazole rings is 1. The van der Waals surface area contributed by atoms with Gasteiger partial charge in [0.2, 0.25) is 5.91 Å². The van der Waals surface area contributed by atoms with Crippen LogP contribution < -0.4 is 10.1 Å². The van der Waals surface area contributed by atoms with E-state index in [1.165, 1.54) is 5.56 Å². The molecule has 2 aliphatic rings. The molecule has 6 heteroatoms. The molecule has 1 atom stereocenters. The summed E-state index contributed by atoms with van der Waals surface area (Å²) in [6.45, 7) is 5.02. The van der Waals surface area contributed by atoms with Crippen molar-refractivity contribution in [1.82, 2.24) is 19.8 Å². The van der Waals surface area contributed by atoms with Crippen LogP contribution in [0.1, 0.15) is 24.8 Å². The number of carbonyl (C=O) groups excluding carboxylic acids is 1. The normalized spacial score (nSPS) is 23.3. The van der Waals surface area contributed by atoms with E-state index < -0.39 is 0 Å². The minimum atomic E-state index is -0.144. The summed E-state index contributed by atoms with van der Waals surface area (Å²) in [5.41, 5.74) is 1.12. The lowest BCUT2D eigenvalue weighted by atomic mass is 9.79. The van der Waals surface area contributed by atoms with Crippen molar-refractivity contribution in [3.63, 3.8) is 0 Å². The van der Waals surface area contributed by atoms with Crippen LogP contribution in [0.2, 0.25) is 0 Å². The van der Waals surface area contributed by atoms with E-state index in [1.54, 1.807) is 12.5 Å². The molecular formula is C20H26N4O2. The van der Waals surface area contributed by atoms with E-state index in [-0.39, 0.29) is 11.3 Å². The summed E-state index contributed by atoms with van der Waals surface area (Å²) in [6.07, 6.45) is 8.61. The third kappa shape index (κ3) is 3.75. The highest BCUT2D eigenvalue weighted by Gasteiger charge is 2.45. The molecule has 1 spiro atoms. The number of nitrogens with one attached hydrogen (secondary N) is 1. The van der Waals surface area contributed by atoms with Crippen molar-refractivity contribution in [1.29, 1.82) is 0 Å². The zero-order valence-corrected chi connectivity index (χ0v) is 15.1. The Bertz CT molecular complexity index is 729. The molecule has 0 bridgehead atoms. The number of aromatic nitrogens is 2. The van der Waals surface area contributed by atoms with Crippen LogP contribution >= 0.6 is 0 Å². The van der Waals surface area contributed by atoms with Crippen molar-refractivity contribution in [2.24, 2.45) is 5.41 Å². The van der Waals surface area contributed by atoms with Gasteiger partial charge >= 0.3 is 0 Å². The SMILES string of the molecule is O=C1NCCC[C@]12CCN(Cc1ccc(OCCn3ccnc3)cc1)C2. The van der Waals surface area contributed by atoms with Gasteiger partial charge in [0.1, 0.15) is 12.4 Å². The van der Waals surface area contributed by atoms with Gasteiger partial charge in [-0.15, -0.1) is 0 Å². The minimum absolute atomic E-state index is 0.144. The summed E-state index contributed by atoms with van der Waals surface area (Å²) in [5, 5.41) is 3.05. The first-order chi connectivity index (χ1) is 12.7. The first kappa shape index (κ1) is 17.1. The molecule has 1 amide bonds. The zero-order valence-electron chi connectivity index (χ0n) is 15.1. The summed E-state index contributed by atoms with van der Waals surface area (Å²) < 4.78 is 7.79. The Morgan fingerprint density at radius 1 is 1.23 bits per heavy atom. The molecule has 2 fully saturated rings. The monoisotopic (exact) mass is 354 g/mol. The minimum Gasteiger partial charge on any atom is -0.492 e. The van der Waals surface area contributed by atoms with Crippen molar-refractivity contribution in [3.05, 3.63) is 48.5 Å². The van der Waals surface area contributed by atoms with E-state index in [9.17, 15) is 4.79 Å². The first-order valence-electron chi connectivity index (χ1n) is 9.42. The largest absolute Gasteiger partial charge is 0.492 e. The topological polar surface area (TPSA) is 59.4 Å². The second kappa shape index (κ2) is 7.50. The molecule has 1 aromatic heterocycles. The van der Waals surface area contributed by atoms with E-state index in [4.69, 9.17) is 4.74 Å². The van der Waals surface area contributed by atoms with Gasteiger partial charge in [-0.2, -0.15) is 0 Å². The lowest BCUT2D eigenvalue weighted by Gasteiger charge is -2.32. The Kier molecular flexibility index (Phi) is 4.93. The number of benzene rings is 1. The van der Waals surface area contributed by atoms with Gasteiger partial charge in [0.15, 0.2) is 0 Å². The molecule has 26 heavy (non-hydrogen) atoms. The van der Waals surface area contributed by atoms with E-state index in [0.29, 0.717) is 6.61 Å². The number of likely N-dealkylation sites (tertiary alicyclic amines) is 1. The van der Waals surface area contributed by atoms with E-state index in [1.807, 2.05) is 22.9 Å². The first-order valence-corrected chi connectivity index (χ1v) is 9.42. The number of ether oxygens (including phenoxy) is 1. The molecule has 2 aliphatic heterocycles. The number of carbonyl (C=O) groups is 1. The fourth-order valence-corrected chi connectivity index (χ4v) is 4.05. The molecule has 0 aliphatic carbocycles. The molecule has 0 unspecified atom stereocenters. The van der Waals surface area contributed by atoms with Crippen molar-refractivity contribution in [3.8, 4) is 5.75 Å². The quantitative estimate of drug-likeness (QED) is 0.863. The third-order valence-corrected chi connectivity index (χ3v) is 5.54. The van der Waals surface area contributed by atoms with E-state index >= 15 is 0 Å². The zero-order chi connectivity index (χ0) is 17.8. The Hall–Kier alpha value is -2.34. The molecule has 3 heterocycles. The lowest BCUT2D eigenvalue weighted by molar-refractivity contribution is -0.132. The molecule has 1 N–H and O–H groups in total. The number of amides is 1. The Morgan fingerprint density at radius 2 is 2.12 bits per heavy atom. The summed E-state index contributed by atoms with van der Waals surface area (Å²) in [7, 11) is 0. The van der Waals surface area contributed by atoms with Gasteiger partial charge < -0.3 is 14.6 Å². The second-order valence-electron chi connectivity index (χ2n) is 7.39. The highest BCUT2D eigenvalue weighted by Crippen LogP contribution is 2.37. The predicted octanol–water partition coefficient (Wildman–Crippen LogP) is 2.06. The highest BCUT2D eigenvalue weighted by atomic mass is 16.5. The van der Waals surface area contributed by atoms with Gasteiger partial charge in [-0.1, -0.05) is 12.1 Å². The van der Waals surface area contributed by atoms with Gasteiger partial charge in [-0.3, -0.25) is 9.69 Å². The molecule has 2 saturated heterocycles. The van der Waals surface area contributed by atoms with Crippen molar-refractivity contribution in [2.45, 2.75) is 32.4 Å². The summed E-state index contributed by atoms with van der Waals surface area (Å²) in [6, 6.07) is 8.31. The van der Waals surface area contributed by atoms with Crippen LogP contribution in [0, 0.1) is 5.41 Å². The van der Waals surface area contributed by atoms with Crippen molar-refractivity contribution >= 4 is 5.91 Å². The molecule has 138 valence electrons. The molecule has 1 aromatic carbocycles. The summed E-state index contributed by atoms with van der Waals surface area (Å²) in [4.78, 5) is 18.7. The maximum atomic E-state index is 12.3. The average molecular weight is 354 g/mol. The number of hydrogen-bond acceptors (Lipinski definition) is 4. The van der Waals surface area contributed by atoms with Crippen LogP contribution in [0.25, 0.3) is 0 Å². The number of rotatable bonds is 6. The van der Waals surface area contributed by atoms with Crippen LogP contribution in [0.4, 0.5) is 0 Å². The average Bonchev–Trinajstić information content (AvgIpc) is 3.30. The maximum Gasteiger partial charge on any atom is 0.227 e. The van der Waals surface area contributed by atoms with Crippen LogP contribution in [-0.4, -0.2) is 46.6 Å². The number of hydrogen-bond donors (Lipinski definition) is 1. The Balaban J connectivity index is 1.27. The fraction of sp³-hybridized carbons (Fsp3) is 0.500. The maximum absolute atomic E-state index is 12.3. The highest BCUT2D eigenvalue weighted by molar-refractivity contribution is 5.84. The summed E-state index contributed by atoms with van der Waals surface area (Å²) in [5.74, 6) is 1.14. The van der Waals surface area contributed by atoms with Gasteiger partial charge in [0.05, 0.1) is 18.3 Å². The number of nitrogens with zero attached hydrogens (tertiary/aromatic N) is 3. The fourth-order valence-electron chi connectivity index (χ4n) is 4.05. The standard InChI is InChI=1S/C20H26N4O2/c25-19-20(6-1-8-22-19)7-10-24(15-20)14-17-2-4-18(5-3-17)26-13-12-23-11-9-21-16-23/h2-5,9,11,16H,1,6-8,10,12-15H2,(H,22,25)/t20-/m1/s1. The third-order valence-electron chi connectivity index (χ3n) is 5.54. The Morgan fingerprint density at radius 3 is 2.88 bits per heavy atom. The van der Waals surface area contributed by atoms with Gasteiger partial charge in [0.25, 0.3) is 0 Å². The number of piperidine rings is 1. The molecule has 6 nitrogen and oxygen atoms in total. The van der Waals surface area contributed by atoms with Crippen LogP contribution in [0.15, 0.2) is 43.0 Å². The van der Waals surface area contributed by atoms with Gasteiger partial charge in [0, 0.05) is 32.0 Å². The lowest BCUT2D eigenvalue weighted by Crippen LogP contribution is -2.47. The van der Waals surface area contributed by atoms with E-state index in [2.05, 4.69) is 27.3 Å². The molecule has 0 saturated carbocycles. The van der Waals surface area contributed by atoms with Crippen molar-refractivity contribution < 1.29 is 9.53 Å². The van der Waals surface area contributed by atoms with Crippen LogP contribution in [0.5, 0.6) is 5.75 Å². The van der Waals surface area contributed by atoms with Crippen LogP contribution in [-0.2, 0) is 17.9 Å².